The van der Waals surface area contributed by atoms with E-state index in [9.17, 15) is 0 Å². The molecule has 7 aromatic rings. The van der Waals surface area contributed by atoms with E-state index in [4.69, 9.17) is 15.0 Å². The summed E-state index contributed by atoms with van der Waals surface area (Å²) in [4.78, 5) is 14.9. The van der Waals surface area contributed by atoms with E-state index in [1.165, 1.54) is 11.1 Å². The normalized spacial score (nSPS) is 10.8. The van der Waals surface area contributed by atoms with Crippen LogP contribution in [0.1, 0.15) is 5.56 Å². The summed E-state index contributed by atoms with van der Waals surface area (Å²) in [6, 6.07) is 54.3. The monoisotopic (exact) mass is 563 g/mol. The second-order valence-electron chi connectivity index (χ2n) is 10.6. The Kier molecular flexibility index (Phi) is 7.42. The minimum atomic E-state index is 0.637. The quantitative estimate of drug-likeness (QED) is 0.194. The van der Waals surface area contributed by atoms with Crippen molar-refractivity contribution in [3.63, 3.8) is 0 Å². The maximum atomic E-state index is 4.96. The summed E-state index contributed by atoms with van der Waals surface area (Å²) in [6.07, 6.45) is 1.85. The largest absolute Gasteiger partial charge is 0.208 e. The standard InChI is InChI=1S/C41H29N3/c1-2-29-13-15-32(16-14-29)35-21-27-38(28-22-35)41-43-39(36-23-17-33(18-24-36)30-9-5-3-6-10-30)42-40(44-41)37-25-19-34(20-26-37)31-11-7-4-8-12-31/h2-28H,1H2. The molecule has 0 N–H and O–H groups in total. The van der Waals surface area contributed by atoms with Crippen molar-refractivity contribution >= 4 is 6.08 Å². The van der Waals surface area contributed by atoms with Crippen LogP contribution >= 0.6 is 0 Å². The van der Waals surface area contributed by atoms with Crippen molar-refractivity contribution in [2.45, 2.75) is 0 Å². The molecule has 0 atom stereocenters. The van der Waals surface area contributed by atoms with Crippen LogP contribution in [0.15, 0.2) is 164 Å². The maximum Gasteiger partial charge on any atom is 0.164 e. The maximum absolute atomic E-state index is 4.96. The molecule has 0 spiro atoms. The molecule has 0 saturated carbocycles. The molecular formula is C41H29N3. The van der Waals surface area contributed by atoms with Gasteiger partial charge in [0.1, 0.15) is 0 Å². The van der Waals surface area contributed by atoms with Crippen LogP contribution in [0.2, 0.25) is 0 Å². The fourth-order valence-electron chi connectivity index (χ4n) is 5.27. The summed E-state index contributed by atoms with van der Waals surface area (Å²) in [7, 11) is 0. The van der Waals surface area contributed by atoms with E-state index in [0.717, 1.165) is 44.5 Å². The average molecular weight is 564 g/mol. The van der Waals surface area contributed by atoms with Gasteiger partial charge in [-0.2, -0.15) is 0 Å². The van der Waals surface area contributed by atoms with Gasteiger partial charge >= 0.3 is 0 Å². The second kappa shape index (κ2) is 12.1. The Labute approximate surface area is 257 Å². The predicted octanol–water partition coefficient (Wildman–Crippen LogP) is 10.5. The van der Waals surface area contributed by atoms with Gasteiger partial charge in [-0.1, -0.05) is 170 Å². The molecule has 6 aromatic carbocycles. The molecule has 0 radical (unpaired) electrons. The topological polar surface area (TPSA) is 38.7 Å². The first-order valence-electron chi connectivity index (χ1n) is 14.6. The third-order valence-corrected chi connectivity index (χ3v) is 7.76. The van der Waals surface area contributed by atoms with Gasteiger partial charge in [-0.25, -0.2) is 15.0 Å². The van der Waals surface area contributed by atoms with E-state index >= 15 is 0 Å². The van der Waals surface area contributed by atoms with Crippen molar-refractivity contribution in [2.24, 2.45) is 0 Å². The van der Waals surface area contributed by atoms with Gasteiger partial charge in [-0.3, -0.25) is 0 Å². The van der Waals surface area contributed by atoms with Crippen LogP contribution in [0, 0.1) is 0 Å². The molecule has 3 heteroatoms. The van der Waals surface area contributed by atoms with E-state index in [-0.39, 0.29) is 0 Å². The molecule has 1 aromatic heterocycles. The lowest BCUT2D eigenvalue weighted by atomic mass is 10.0. The van der Waals surface area contributed by atoms with Crippen LogP contribution < -0.4 is 0 Å². The van der Waals surface area contributed by atoms with Crippen molar-refractivity contribution in [1.29, 1.82) is 0 Å². The average Bonchev–Trinajstić information content (AvgIpc) is 3.12. The summed E-state index contributed by atoms with van der Waals surface area (Å²) in [6.45, 7) is 3.85. The summed E-state index contributed by atoms with van der Waals surface area (Å²) in [5, 5.41) is 0. The van der Waals surface area contributed by atoms with Gasteiger partial charge in [0.15, 0.2) is 17.5 Å². The van der Waals surface area contributed by atoms with Crippen LogP contribution in [-0.4, -0.2) is 15.0 Å². The molecule has 1 heterocycles. The minimum Gasteiger partial charge on any atom is -0.208 e. The van der Waals surface area contributed by atoms with Gasteiger partial charge in [-0.05, 0) is 38.9 Å². The third-order valence-electron chi connectivity index (χ3n) is 7.76. The highest BCUT2D eigenvalue weighted by Gasteiger charge is 2.13. The van der Waals surface area contributed by atoms with Crippen molar-refractivity contribution in [3.8, 4) is 67.5 Å². The zero-order chi connectivity index (χ0) is 29.7. The van der Waals surface area contributed by atoms with E-state index in [0.29, 0.717) is 17.5 Å². The van der Waals surface area contributed by atoms with Gasteiger partial charge in [0, 0.05) is 16.7 Å². The smallest absolute Gasteiger partial charge is 0.164 e. The fraction of sp³-hybridized carbons (Fsp3) is 0. The Hall–Kier alpha value is -5.93. The highest BCUT2D eigenvalue weighted by atomic mass is 15.0. The molecule has 44 heavy (non-hydrogen) atoms. The summed E-state index contributed by atoms with van der Waals surface area (Å²) in [5.41, 5.74) is 10.8. The van der Waals surface area contributed by atoms with E-state index in [1.807, 2.05) is 18.2 Å². The number of aromatic nitrogens is 3. The minimum absolute atomic E-state index is 0.637. The van der Waals surface area contributed by atoms with Gasteiger partial charge in [0.05, 0.1) is 0 Å². The molecule has 3 nitrogen and oxygen atoms in total. The third kappa shape index (κ3) is 5.72. The van der Waals surface area contributed by atoms with Crippen LogP contribution in [0.5, 0.6) is 0 Å². The highest BCUT2D eigenvalue weighted by molar-refractivity contribution is 5.73. The summed E-state index contributed by atoms with van der Waals surface area (Å²) >= 11 is 0. The van der Waals surface area contributed by atoms with Gasteiger partial charge in [0.2, 0.25) is 0 Å². The second-order valence-corrected chi connectivity index (χ2v) is 10.6. The fourth-order valence-corrected chi connectivity index (χ4v) is 5.27. The zero-order valence-corrected chi connectivity index (χ0v) is 24.1. The molecule has 208 valence electrons. The summed E-state index contributed by atoms with van der Waals surface area (Å²) < 4.78 is 0. The number of rotatable bonds is 7. The Morgan fingerprint density at radius 3 is 0.841 bits per heavy atom. The number of hydrogen-bond donors (Lipinski definition) is 0. The van der Waals surface area contributed by atoms with E-state index < -0.39 is 0 Å². The predicted molar refractivity (Wildman–Crippen MR) is 183 cm³/mol. The molecule has 0 unspecified atom stereocenters. The molecular weight excluding hydrogens is 534 g/mol. The lowest BCUT2D eigenvalue weighted by Crippen LogP contribution is -2.00. The zero-order valence-electron chi connectivity index (χ0n) is 24.1. The van der Waals surface area contributed by atoms with E-state index in [2.05, 4.69) is 152 Å². The molecule has 0 amide bonds. The Balaban J connectivity index is 1.27. The Morgan fingerprint density at radius 2 is 0.545 bits per heavy atom. The van der Waals surface area contributed by atoms with Crippen molar-refractivity contribution in [1.82, 2.24) is 15.0 Å². The highest BCUT2D eigenvalue weighted by Crippen LogP contribution is 2.30. The lowest BCUT2D eigenvalue weighted by Gasteiger charge is -2.10. The molecule has 0 bridgehead atoms. The molecule has 0 aliphatic heterocycles. The number of hydrogen-bond acceptors (Lipinski definition) is 3. The first-order chi connectivity index (χ1) is 21.7. The van der Waals surface area contributed by atoms with Crippen LogP contribution in [0.25, 0.3) is 73.6 Å². The molecule has 0 aliphatic rings. The number of benzene rings is 6. The van der Waals surface area contributed by atoms with Crippen molar-refractivity contribution in [3.05, 3.63) is 170 Å². The van der Waals surface area contributed by atoms with Gasteiger partial charge in [-0.15, -0.1) is 0 Å². The Bertz CT molecular complexity index is 1910. The van der Waals surface area contributed by atoms with Crippen LogP contribution in [0.3, 0.4) is 0 Å². The summed E-state index contributed by atoms with van der Waals surface area (Å²) in [5.74, 6) is 1.92. The van der Waals surface area contributed by atoms with Crippen LogP contribution in [0.4, 0.5) is 0 Å². The van der Waals surface area contributed by atoms with Gasteiger partial charge < -0.3 is 0 Å². The molecule has 0 aliphatic carbocycles. The van der Waals surface area contributed by atoms with Crippen LogP contribution in [-0.2, 0) is 0 Å². The van der Waals surface area contributed by atoms with Gasteiger partial charge in [0.25, 0.3) is 0 Å². The van der Waals surface area contributed by atoms with Crippen molar-refractivity contribution < 1.29 is 0 Å². The van der Waals surface area contributed by atoms with E-state index in [1.54, 1.807) is 0 Å². The first kappa shape index (κ1) is 26.9. The Morgan fingerprint density at radius 1 is 0.295 bits per heavy atom. The molecule has 0 saturated heterocycles. The first-order valence-corrected chi connectivity index (χ1v) is 14.6. The van der Waals surface area contributed by atoms with Crippen molar-refractivity contribution in [2.75, 3.05) is 0 Å². The lowest BCUT2D eigenvalue weighted by molar-refractivity contribution is 1.07. The molecule has 7 rings (SSSR count). The molecule has 0 fully saturated rings. The number of nitrogens with zero attached hydrogens (tertiary/aromatic N) is 3. The SMILES string of the molecule is C=Cc1ccc(-c2ccc(-c3nc(-c4ccc(-c5ccccc5)cc4)nc(-c4ccc(-c5ccccc5)cc4)n3)cc2)cc1.